The van der Waals surface area contributed by atoms with E-state index >= 15 is 0 Å². The van der Waals surface area contributed by atoms with E-state index in [-0.39, 0.29) is 17.5 Å². The zero-order chi connectivity index (χ0) is 14.0. The summed E-state index contributed by atoms with van der Waals surface area (Å²) < 4.78 is 5.16. The van der Waals surface area contributed by atoms with Crippen LogP contribution >= 0.6 is 0 Å². The Balaban J connectivity index is 2.19. The van der Waals surface area contributed by atoms with E-state index in [1.165, 1.54) is 0 Å². The quantitative estimate of drug-likeness (QED) is 0.907. The van der Waals surface area contributed by atoms with Crippen molar-refractivity contribution in [2.24, 2.45) is 5.41 Å². The fourth-order valence-electron chi connectivity index (χ4n) is 2.31. The molecule has 4 heteroatoms. The molecule has 1 aromatic rings. The molecular formula is C15H22N2O2. The number of rotatable bonds is 3. The van der Waals surface area contributed by atoms with Crippen molar-refractivity contribution >= 4 is 5.91 Å². The molecule has 1 heterocycles. The average Bonchev–Trinajstić information content (AvgIpc) is 2.69. The number of hydrogen-bond donors (Lipinski definition) is 1. The summed E-state index contributed by atoms with van der Waals surface area (Å²) in [4.78, 5) is 13.9. The van der Waals surface area contributed by atoms with Crippen LogP contribution in [0.25, 0.3) is 0 Å². The van der Waals surface area contributed by atoms with Gasteiger partial charge in [-0.3, -0.25) is 10.1 Å². The molecular weight excluding hydrogens is 240 g/mol. The van der Waals surface area contributed by atoms with Crippen LogP contribution in [0.4, 0.5) is 0 Å². The Labute approximate surface area is 114 Å². The SMILES string of the molecule is COc1ccc(C2NCC(=O)N2CC(C)(C)C)cc1. The Bertz CT molecular complexity index is 448. The summed E-state index contributed by atoms with van der Waals surface area (Å²) in [6, 6.07) is 7.86. The lowest BCUT2D eigenvalue weighted by atomic mass is 9.95. The highest BCUT2D eigenvalue weighted by Crippen LogP contribution is 2.28. The first-order valence-electron chi connectivity index (χ1n) is 6.57. The van der Waals surface area contributed by atoms with Crippen molar-refractivity contribution in [1.82, 2.24) is 10.2 Å². The van der Waals surface area contributed by atoms with Gasteiger partial charge in [0.15, 0.2) is 0 Å². The van der Waals surface area contributed by atoms with Gasteiger partial charge in [0, 0.05) is 6.54 Å². The standard InChI is InChI=1S/C15H22N2O2/c1-15(2,3)10-17-13(18)9-16-14(17)11-5-7-12(19-4)8-6-11/h5-8,14,16H,9-10H2,1-4H3. The number of ether oxygens (including phenoxy) is 1. The lowest BCUT2D eigenvalue weighted by Crippen LogP contribution is -2.37. The first-order valence-corrected chi connectivity index (χ1v) is 6.57. The molecule has 1 amide bonds. The van der Waals surface area contributed by atoms with Gasteiger partial charge in [0.25, 0.3) is 0 Å². The molecule has 1 aliphatic heterocycles. The number of nitrogens with zero attached hydrogens (tertiary/aromatic N) is 1. The van der Waals surface area contributed by atoms with Crippen molar-refractivity contribution < 1.29 is 9.53 Å². The van der Waals surface area contributed by atoms with Crippen molar-refractivity contribution in [3.05, 3.63) is 29.8 Å². The lowest BCUT2D eigenvalue weighted by molar-refractivity contribution is -0.129. The maximum atomic E-state index is 12.0. The van der Waals surface area contributed by atoms with Gasteiger partial charge >= 0.3 is 0 Å². The van der Waals surface area contributed by atoms with Gasteiger partial charge in [-0.05, 0) is 23.1 Å². The van der Waals surface area contributed by atoms with Crippen molar-refractivity contribution in [3.63, 3.8) is 0 Å². The molecule has 0 spiro atoms. The van der Waals surface area contributed by atoms with E-state index in [1.807, 2.05) is 29.2 Å². The highest BCUT2D eigenvalue weighted by molar-refractivity contribution is 5.81. The van der Waals surface area contributed by atoms with Gasteiger partial charge < -0.3 is 9.64 Å². The minimum Gasteiger partial charge on any atom is -0.497 e. The van der Waals surface area contributed by atoms with Crippen molar-refractivity contribution in [3.8, 4) is 5.75 Å². The third-order valence-electron chi connectivity index (χ3n) is 3.15. The molecule has 4 nitrogen and oxygen atoms in total. The van der Waals surface area contributed by atoms with Crippen molar-refractivity contribution in [2.45, 2.75) is 26.9 Å². The highest BCUT2D eigenvalue weighted by atomic mass is 16.5. The Morgan fingerprint density at radius 2 is 1.95 bits per heavy atom. The van der Waals surface area contributed by atoms with E-state index in [1.54, 1.807) is 7.11 Å². The van der Waals surface area contributed by atoms with Crippen LogP contribution in [0.5, 0.6) is 5.75 Å². The zero-order valence-electron chi connectivity index (χ0n) is 12.1. The topological polar surface area (TPSA) is 41.6 Å². The van der Waals surface area contributed by atoms with E-state index in [4.69, 9.17) is 4.74 Å². The molecule has 1 aromatic carbocycles. The van der Waals surface area contributed by atoms with Crippen LogP contribution in [0.2, 0.25) is 0 Å². The lowest BCUT2D eigenvalue weighted by Gasteiger charge is -2.31. The summed E-state index contributed by atoms with van der Waals surface area (Å²) in [6.45, 7) is 7.58. The van der Waals surface area contributed by atoms with Crippen LogP contribution in [0.15, 0.2) is 24.3 Å². The van der Waals surface area contributed by atoms with Gasteiger partial charge in [-0.15, -0.1) is 0 Å². The van der Waals surface area contributed by atoms with Gasteiger partial charge in [-0.25, -0.2) is 0 Å². The largest absolute Gasteiger partial charge is 0.497 e. The third-order valence-corrected chi connectivity index (χ3v) is 3.15. The molecule has 19 heavy (non-hydrogen) atoms. The average molecular weight is 262 g/mol. The second kappa shape index (κ2) is 5.21. The maximum absolute atomic E-state index is 12.0. The fourth-order valence-corrected chi connectivity index (χ4v) is 2.31. The van der Waals surface area contributed by atoms with Crippen LogP contribution in [-0.4, -0.2) is 31.0 Å². The van der Waals surface area contributed by atoms with Gasteiger partial charge in [0.05, 0.1) is 13.7 Å². The summed E-state index contributed by atoms with van der Waals surface area (Å²) in [6.07, 6.45) is -0.0300. The van der Waals surface area contributed by atoms with Gasteiger partial charge in [-0.1, -0.05) is 32.9 Å². The summed E-state index contributed by atoms with van der Waals surface area (Å²) in [7, 11) is 1.65. The second-order valence-electron chi connectivity index (χ2n) is 6.14. The summed E-state index contributed by atoms with van der Waals surface area (Å²) >= 11 is 0. The van der Waals surface area contributed by atoms with Crippen LogP contribution < -0.4 is 10.1 Å². The molecule has 1 N–H and O–H groups in total. The van der Waals surface area contributed by atoms with E-state index in [0.29, 0.717) is 6.54 Å². The van der Waals surface area contributed by atoms with Crippen molar-refractivity contribution in [2.75, 3.05) is 20.2 Å². The Hall–Kier alpha value is -1.55. The Morgan fingerprint density at radius 3 is 2.47 bits per heavy atom. The molecule has 1 unspecified atom stereocenters. The summed E-state index contributed by atoms with van der Waals surface area (Å²) in [5.41, 5.74) is 1.18. The molecule has 0 aliphatic carbocycles. The summed E-state index contributed by atoms with van der Waals surface area (Å²) in [5, 5.41) is 3.27. The zero-order valence-corrected chi connectivity index (χ0v) is 12.1. The maximum Gasteiger partial charge on any atom is 0.238 e. The van der Waals surface area contributed by atoms with Crippen LogP contribution in [-0.2, 0) is 4.79 Å². The number of amides is 1. The molecule has 0 aromatic heterocycles. The number of nitrogens with one attached hydrogen (secondary N) is 1. The predicted molar refractivity (Wildman–Crippen MR) is 74.9 cm³/mol. The predicted octanol–water partition coefficient (Wildman–Crippen LogP) is 2.17. The third kappa shape index (κ3) is 3.26. The number of hydrogen-bond acceptors (Lipinski definition) is 3. The Kier molecular flexibility index (Phi) is 3.80. The van der Waals surface area contributed by atoms with Gasteiger partial charge in [-0.2, -0.15) is 0 Å². The second-order valence-corrected chi connectivity index (χ2v) is 6.14. The van der Waals surface area contributed by atoms with Crippen LogP contribution in [0.1, 0.15) is 32.5 Å². The molecule has 1 saturated heterocycles. The van der Waals surface area contributed by atoms with E-state index in [9.17, 15) is 4.79 Å². The number of benzene rings is 1. The minimum atomic E-state index is -0.0300. The first-order chi connectivity index (χ1) is 8.90. The van der Waals surface area contributed by atoms with Gasteiger partial charge in [0.1, 0.15) is 11.9 Å². The normalized spacial score (nSPS) is 19.9. The molecule has 104 valence electrons. The van der Waals surface area contributed by atoms with E-state index in [2.05, 4.69) is 26.1 Å². The fraction of sp³-hybridized carbons (Fsp3) is 0.533. The van der Waals surface area contributed by atoms with Crippen LogP contribution in [0, 0.1) is 5.41 Å². The molecule has 0 bridgehead atoms. The van der Waals surface area contributed by atoms with Crippen LogP contribution in [0.3, 0.4) is 0 Å². The first kappa shape index (κ1) is 13.9. The monoisotopic (exact) mass is 262 g/mol. The highest BCUT2D eigenvalue weighted by Gasteiger charge is 2.33. The Morgan fingerprint density at radius 1 is 1.32 bits per heavy atom. The minimum absolute atomic E-state index is 0.0300. The molecule has 1 fully saturated rings. The number of carbonyl (C=O) groups excluding carboxylic acids is 1. The molecule has 2 rings (SSSR count). The smallest absolute Gasteiger partial charge is 0.238 e. The number of carbonyl (C=O) groups is 1. The van der Waals surface area contributed by atoms with E-state index < -0.39 is 0 Å². The summed E-state index contributed by atoms with van der Waals surface area (Å²) in [5.74, 6) is 0.992. The molecule has 1 atom stereocenters. The molecule has 1 aliphatic rings. The van der Waals surface area contributed by atoms with E-state index in [0.717, 1.165) is 17.9 Å². The number of methoxy groups -OCH3 is 1. The molecule has 0 radical (unpaired) electrons. The van der Waals surface area contributed by atoms with Crippen molar-refractivity contribution in [1.29, 1.82) is 0 Å². The van der Waals surface area contributed by atoms with Gasteiger partial charge in [0.2, 0.25) is 5.91 Å². The molecule has 0 saturated carbocycles.